The summed E-state index contributed by atoms with van der Waals surface area (Å²) in [7, 11) is 0. The number of benzene rings is 1. The molecule has 0 aliphatic carbocycles. The lowest BCUT2D eigenvalue weighted by Gasteiger charge is -2.19. The van der Waals surface area contributed by atoms with Crippen molar-refractivity contribution in [1.82, 2.24) is 9.88 Å². The van der Waals surface area contributed by atoms with E-state index in [0.29, 0.717) is 12.5 Å². The highest BCUT2D eigenvalue weighted by Crippen LogP contribution is 2.23. The van der Waals surface area contributed by atoms with Crippen molar-refractivity contribution in [2.45, 2.75) is 20.3 Å². The lowest BCUT2D eigenvalue weighted by atomic mass is 10.2. The molecular weight excluding hydrogens is 280 g/mol. The van der Waals surface area contributed by atoms with Gasteiger partial charge in [0.2, 0.25) is 0 Å². The van der Waals surface area contributed by atoms with E-state index in [0.717, 1.165) is 30.2 Å². The number of guanidine groups is 1. The Bertz CT molecular complexity index is 573. The van der Waals surface area contributed by atoms with Gasteiger partial charge in [-0.05, 0) is 13.8 Å². The molecule has 0 atom stereocenters. The first kappa shape index (κ1) is 15.5. The third-order valence-electron chi connectivity index (χ3n) is 3.30. The molecule has 0 radical (unpaired) electrons. The number of nitrogens with two attached hydrogens (primary N) is 1. The van der Waals surface area contributed by atoms with Crippen molar-refractivity contribution in [2.75, 3.05) is 19.6 Å². The fourth-order valence-corrected chi connectivity index (χ4v) is 2.93. The fourth-order valence-electron chi connectivity index (χ4n) is 2.07. The van der Waals surface area contributed by atoms with E-state index < -0.39 is 0 Å². The van der Waals surface area contributed by atoms with Gasteiger partial charge in [-0.2, -0.15) is 0 Å². The second-order valence-electron chi connectivity index (χ2n) is 4.67. The van der Waals surface area contributed by atoms with Crippen molar-refractivity contribution in [3.63, 3.8) is 0 Å². The first-order valence-corrected chi connectivity index (χ1v) is 8.17. The van der Waals surface area contributed by atoms with E-state index in [1.54, 1.807) is 11.3 Å². The topological polar surface area (TPSA) is 54.5 Å². The summed E-state index contributed by atoms with van der Waals surface area (Å²) >= 11 is 1.68. The van der Waals surface area contributed by atoms with Gasteiger partial charge in [-0.25, -0.2) is 4.98 Å². The quantitative estimate of drug-likeness (QED) is 0.659. The summed E-state index contributed by atoms with van der Waals surface area (Å²) in [5.74, 6) is 0.624. The molecule has 2 N–H and O–H groups in total. The Hall–Kier alpha value is -1.88. The van der Waals surface area contributed by atoms with Gasteiger partial charge in [0.15, 0.2) is 5.96 Å². The standard InChI is InChI=1S/C16H22N4S/c1-3-20(4-2)16(17)18-11-10-14-12-21-15(19-14)13-8-6-5-7-9-13/h5-9,12H,3-4,10-11H2,1-2H3,(H2,17,18). The van der Waals surface area contributed by atoms with Gasteiger partial charge < -0.3 is 10.6 Å². The minimum Gasteiger partial charge on any atom is -0.370 e. The monoisotopic (exact) mass is 302 g/mol. The molecule has 0 bridgehead atoms. The van der Waals surface area contributed by atoms with Crippen molar-refractivity contribution in [2.24, 2.45) is 10.7 Å². The van der Waals surface area contributed by atoms with Crippen LogP contribution in [0, 0.1) is 0 Å². The summed E-state index contributed by atoms with van der Waals surface area (Å²) in [5.41, 5.74) is 8.20. The van der Waals surface area contributed by atoms with Crippen LogP contribution >= 0.6 is 11.3 Å². The van der Waals surface area contributed by atoms with Crippen LogP contribution in [-0.2, 0) is 6.42 Å². The van der Waals surface area contributed by atoms with Gasteiger partial charge in [0.05, 0.1) is 5.69 Å². The number of rotatable bonds is 6. The fraction of sp³-hybridized carbons (Fsp3) is 0.375. The van der Waals surface area contributed by atoms with E-state index in [1.807, 2.05) is 18.2 Å². The number of aliphatic imine (C=N–C) groups is 1. The number of thiazole rings is 1. The number of hydrogen-bond donors (Lipinski definition) is 1. The second kappa shape index (κ2) is 7.78. The van der Waals surface area contributed by atoms with Gasteiger partial charge in [-0.1, -0.05) is 30.3 Å². The van der Waals surface area contributed by atoms with Crippen LogP contribution in [-0.4, -0.2) is 35.5 Å². The molecule has 21 heavy (non-hydrogen) atoms. The zero-order valence-corrected chi connectivity index (χ0v) is 13.4. The average molecular weight is 302 g/mol. The molecule has 2 rings (SSSR count). The normalized spacial score (nSPS) is 11.6. The van der Waals surface area contributed by atoms with Gasteiger partial charge in [0, 0.05) is 37.0 Å². The van der Waals surface area contributed by atoms with E-state index in [-0.39, 0.29) is 0 Å². The Balaban J connectivity index is 1.93. The lowest BCUT2D eigenvalue weighted by molar-refractivity contribution is 0.458. The lowest BCUT2D eigenvalue weighted by Crippen LogP contribution is -2.37. The van der Waals surface area contributed by atoms with E-state index in [1.165, 1.54) is 5.56 Å². The van der Waals surface area contributed by atoms with Crippen LogP contribution in [0.25, 0.3) is 10.6 Å². The maximum atomic E-state index is 5.96. The third kappa shape index (κ3) is 4.29. The molecule has 0 amide bonds. The molecule has 1 aromatic carbocycles. The van der Waals surface area contributed by atoms with Crippen LogP contribution in [0.15, 0.2) is 40.7 Å². The van der Waals surface area contributed by atoms with Crippen molar-refractivity contribution in [3.8, 4) is 10.6 Å². The first-order chi connectivity index (χ1) is 10.2. The largest absolute Gasteiger partial charge is 0.370 e. The van der Waals surface area contributed by atoms with Crippen molar-refractivity contribution in [1.29, 1.82) is 0 Å². The molecular formula is C16H22N4S. The summed E-state index contributed by atoms with van der Waals surface area (Å²) < 4.78 is 0. The molecule has 0 unspecified atom stereocenters. The molecule has 4 nitrogen and oxygen atoms in total. The molecule has 1 heterocycles. The SMILES string of the molecule is CCN(CC)C(N)=NCCc1csc(-c2ccccc2)n1. The van der Waals surface area contributed by atoms with Crippen LogP contribution in [0.5, 0.6) is 0 Å². The van der Waals surface area contributed by atoms with Gasteiger partial charge in [-0.15, -0.1) is 11.3 Å². The van der Waals surface area contributed by atoms with Gasteiger partial charge >= 0.3 is 0 Å². The molecule has 0 saturated carbocycles. The molecule has 0 fully saturated rings. The highest BCUT2D eigenvalue weighted by atomic mass is 32.1. The Kier molecular flexibility index (Phi) is 5.75. The van der Waals surface area contributed by atoms with Crippen molar-refractivity contribution in [3.05, 3.63) is 41.4 Å². The summed E-state index contributed by atoms with van der Waals surface area (Å²) in [5, 5.41) is 3.16. The zero-order chi connectivity index (χ0) is 15.1. The summed E-state index contributed by atoms with van der Waals surface area (Å²) in [6.45, 7) is 6.62. The molecule has 112 valence electrons. The van der Waals surface area contributed by atoms with Crippen LogP contribution in [0.4, 0.5) is 0 Å². The smallest absolute Gasteiger partial charge is 0.191 e. The number of aromatic nitrogens is 1. The Morgan fingerprint density at radius 2 is 1.95 bits per heavy atom. The zero-order valence-electron chi connectivity index (χ0n) is 12.6. The van der Waals surface area contributed by atoms with Crippen LogP contribution in [0.3, 0.4) is 0 Å². The van der Waals surface area contributed by atoms with Gasteiger partial charge in [-0.3, -0.25) is 4.99 Å². The number of hydrogen-bond acceptors (Lipinski definition) is 3. The van der Waals surface area contributed by atoms with Crippen molar-refractivity contribution >= 4 is 17.3 Å². The Morgan fingerprint density at radius 1 is 1.24 bits per heavy atom. The molecule has 0 aliphatic heterocycles. The molecule has 0 spiro atoms. The first-order valence-electron chi connectivity index (χ1n) is 7.29. The maximum absolute atomic E-state index is 5.96. The van der Waals surface area contributed by atoms with E-state index in [2.05, 4.69) is 46.2 Å². The highest BCUT2D eigenvalue weighted by molar-refractivity contribution is 7.13. The van der Waals surface area contributed by atoms with Crippen molar-refractivity contribution < 1.29 is 0 Å². The van der Waals surface area contributed by atoms with E-state index in [4.69, 9.17) is 5.73 Å². The number of nitrogens with zero attached hydrogens (tertiary/aromatic N) is 3. The second-order valence-corrected chi connectivity index (χ2v) is 5.53. The third-order valence-corrected chi connectivity index (χ3v) is 4.24. The Labute approximate surface area is 130 Å². The highest BCUT2D eigenvalue weighted by Gasteiger charge is 2.05. The summed E-state index contributed by atoms with van der Waals surface area (Å²) in [4.78, 5) is 11.1. The molecule has 5 heteroatoms. The molecule has 0 aliphatic rings. The minimum absolute atomic E-state index is 0.624. The van der Waals surface area contributed by atoms with Gasteiger partial charge in [0.25, 0.3) is 0 Å². The maximum Gasteiger partial charge on any atom is 0.191 e. The summed E-state index contributed by atoms with van der Waals surface area (Å²) in [6.07, 6.45) is 0.825. The predicted molar refractivity (Wildman–Crippen MR) is 90.7 cm³/mol. The molecule has 0 saturated heterocycles. The molecule has 1 aromatic heterocycles. The van der Waals surface area contributed by atoms with Crippen LogP contribution in [0.1, 0.15) is 19.5 Å². The predicted octanol–water partition coefficient (Wildman–Crippen LogP) is 3.01. The Morgan fingerprint density at radius 3 is 2.62 bits per heavy atom. The summed E-state index contributed by atoms with van der Waals surface area (Å²) in [6, 6.07) is 10.2. The average Bonchev–Trinajstić information content (AvgIpc) is 2.98. The van der Waals surface area contributed by atoms with E-state index in [9.17, 15) is 0 Å². The van der Waals surface area contributed by atoms with Gasteiger partial charge in [0.1, 0.15) is 5.01 Å². The minimum atomic E-state index is 0.624. The van der Waals surface area contributed by atoms with Crippen LogP contribution < -0.4 is 5.73 Å². The van der Waals surface area contributed by atoms with E-state index >= 15 is 0 Å². The van der Waals surface area contributed by atoms with Crippen LogP contribution in [0.2, 0.25) is 0 Å². The molecule has 2 aromatic rings.